The number of nitrogens with two attached hydrogens (primary N) is 1. The molecule has 0 radical (unpaired) electrons. The SMILES string of the molecule is CN1CCc2c(sc(NC(=O)Cc3ccc(Cl)s3)c2C(N)=O)C1.Cl. The van der Waals surface area contributed by atoms with Gasteiger partial charge in [-0.1, -0.05) is 11.6 Å². The highest BCUT2D eigenvalue weighted by molar-refractivity contribution is 7.17. The molecule has 2 amide bonds. The number of amides is 2. The zero-order chi connectivity index (χ0) is 16.6. The van der Waals surface area contributed by atoms with Crippen molar-refractivity contribution < 1.29 is 9.59 Å². The van der Waals surface area contributed by atoms with E-state index < -0.39 is 5.91 Å². The highest BCUT2D eigenvalue weighted by Crippen LogP contribution is 2.36. The van der Waals surface area contributed by atoms with E-state index in [-0.39, 0.29) is 24.7 Å². The highest BCUT2D eigenvalue weighted by Gasteiger charge is 2.26. The second-order valence-corrected chi connectivity index (χ2v) is 8.40. The number of hydrogen-bond acceptors (Lipinski definition) is 5. The average molecular weight is 406 g/mol. The summed E-state index contributed by atoms with van der Waals surface area (Å²) in [6.45, 7) is 1.65. The number of primary amides is 1. The summed E-state index contributed by atoms with van der Waals surface area (Å²) in [7, 11) is 2.03. The Balaban J connectivity index is 0.00000208. The van der Waals surface area contributed by atoms with Crippen molar-refractivity contribution in [2.75, 3.05) is 18.9 Å². The van der Waals surface area contributed by atoms with Gasteiger partial charge in [0.15, 0.2) is 0 Å². The van der Waals surface area contributed by atoms with Gasteiger partial charge in [0.25, 0.3) is 5.91 Å². The molecule has 130 valence electrons. The number of fused-ring (bicyclic) bond motifs is 1. The second-order valence-electron chi connectivity index (χ2n) is 5.49. The lowest BCUT2D eigenvalue weighted by Crippen LogP contribution is -2.27. The number of nitrogens with one attached hydrogen (secondary N) is 1. The van der Waals surface area contributed by atoms with Crippen LogP contribution in [0.3, 0.4) is 0 Å². The van der Waals surface area contributed by atoms with Gasteiger partial charge in [0.2, 0.25) is 5.91 Å². The molecule has 2 aromatic rings. The third-order valence-electron chi connectivity index (χ3n) is 3.71. The van der Waals surface area contributed by atoms with Crippen LogP contribution in [0, 0.1) is 0 Å². The minimum Gasteiger partial charge on any atom is -0.365 e. The number of rotatable bonds is 4. The number of halogens is 2. The fourth-order valence-electron chi connectivity index (χ4n) is 2.66. The van der Waals surface area contributed by atoms with E-state index in [4.69, 9.17) is 17.3 Å². The lowest BCUT2D eigenvalue weighted by molar-refractivity contribution is -0.115. The second kappa shape index (κ2) is 7.84. The molecule has 0 atom stereocenters. The maximum Gasteiger partial charge on any atom is 0.251 e. The Morgan fingerprint density at radius 3 is 2.75 bits per heavy atom. The topological polar surface area (TPSA) is 75.4 Å². The molecular weight excluding hydrogens is 389 g/mol. The molecule has 0 aromatic carbocycles. The van der Waals surface area contributed by atoms with E-state index in [0.717, 1.165) is 34.8 Å². The number of nitrogens with zero attached hydrogens (tertiary/aromatic N) is 1. The molecule has 0 fully saturated rings. The predicted molar refractivity (Wildman–Crippen MR) is 102 cm³/mol. The summed E-state index contributed by atoms with van der Waals surface area (Å²) in [6, 6.07) is 3.60. The van der Waals surface area contributed by atoms with Gasteiger partial charge < -0.3 is 16.0 Å². The van der Waals surface area contributed by atoms with Crippen LogP contribution < -0.4 is 11.1 Å². The van der Waals surface area contributed by atoms with E-state index in [1.165, 1.54) is 22.7 Å². The van der Waals surface area contributed by atoms with E-state index in [2.05, 4.69) is 10.2 Å². The average Bonchev–Trinajstić information content (AvgIpc) is 3.01. The molecule has 0 bridgehead atoms. The molecule has 0 aliphatic carbocycles. The van der Waals surface area contributed by atoms with Gasteiger partial charge in [-0.2, -0.15) is 0 Å². The third kappa shape index (κ3) is 4.10. The Kier molecular flexibility index (Phi) is 6.28. The van der Waals surface area contributed by atoms with Gasteiger partial charge in [0, 0.05) is 22.8 Å². The van der Waals surface area contributed by atoms with Crippen molar-refractivity contribution in [3.63, 3.8) is 0 Å². The van der Waals surface area contributed by atoms with Crippen molar-refractivity contribution in [2.24, 2.45) is 5.73 Å². The van der Waals surface area contributed by atoms with E-state index >= 15 is 0 Å². The van der Waals surface area contributed by atoms with Gasteiger partial charge in [-0.25, -0.2) is 0 Å². The highest BCUT2D eigenvalue weighted by atomic mass is 35.5. The Bertz CT molecular complexity index is 773. The lowest BCUT2D eigenvalue weighted by atomic mass is 10.0. The van der Waals surface area contributed by atoms with Crippen molar-refractivity contribution in [1.82, 2.24) is 4.90 Å². The molecule has 1 aliphatic heterocycles. The Labute approximate surface area is 159 Å². The van der Waals surface area contributed by atoms with Crippen LogP contribution in [0.25, 0.3) is 0 Å². The molecule has 5 nitrogen and oxygen atoms in total. The normalized spacial score (nSPS) is 13.9. The number of likely N-dealkylation sites (N-methyl/N-ethyl adjacent to an activating group) is 1. The Hall–Kier alpha value is -1.12. The van der Waals surface area contributed by atoms with Crippen molar-refractivity contribution in [3.05, 3.63) is 37.4 Å². The molecule has 9 heteroatoms. The summed E-state index contributed by atoms with van der Waals surface area (Å²) in [4.78, 5) is 28.2. The third-order valence-corrected chi connectivity index (χ3v) is 6.07. The summed E-state index contributed by atoms with van der Waals surface area (Å²) in [6.07, 6.45) is 1.01. The van der Waals surface area contributed by atoms with E-state index in [1.54, 1.807) is 6.07 Å². The number of carbonyl (C=O) groups is 2. The largest absolute Gasteiger partial charge is 0.365 e. The predicted octanol–water partition coefficient (Wildman–Crippen LogP) is 3.15. The van der Waals surface area contributed by atoms with E-state index in [9.17, 15) is 9.59 Å². The lowest BCUT2D eigenvalue weighted by Gasteiger charge is -2.22. The zero-order valence-electron chi connectivity index (χ0n) is 12.9. The molecule has 2 aromatic heterocycles. The van der Waals surface area contributed by atoms with Gasteiger partial charge in [0.05, 0.1) is 16.3 Å². The van der Waals surface area contributed by atoms with E-state index in [1.807, 2.05) is 13.1 Å². The summed E-state index contributed by atoms with van der Waals surface area (Å²) >= 11 is 8.69. The van der Waals surface area contributed by atoms with Gasteiger partial charge in [-0.05, 0) is 31.2 Å². The van der Waals surface area contributed by atoms with E-state index in [0.29, 0.717) is 14.9 Å². The molecule has 3 rings (SSSR count). The maximum atomic E-state index is 12.2. The standard InChI is InChI=1S/C15H16ClN3O2S2.ClH/c1-19-5-4-9-10(7-19)23-15(13(9)14(17)21)18-12(20)6-8-2-3-11(16)22-8;/h2-3H,4-7H2,1H3,(H2,17,21)(H,18,20);1H. The van der Waals surface area contributed by atoms with Crippen LogP contribution in [0.5, 0.6) is 0 Å². The van der Waals surface area contributed by atoms with Crippen LogP contribution in [0.15, 0.2) is 12.1 Å². The van der Waals surface area contributed by atoms with Crippen LogP contribution >= 0.6 is 46.7 Å². The summed E-state index contributed by atoms with van der Waals surface area (Å²) in [5, 5.41) is 3.41. The number of carbonyl (C=O) groups excluding carboxylic acids is 2. The number of anilines is 1. The van der Waals surface area contributed by atoms with Crippen LogP contribution in [-0.2, 0) is 24.2 Å². The van der Waals surface area contributed by atoms with Crippen molar-refractivity contribution in [1.29, 1.82) is 0 Å². The number of hydrogen-bond donors (Lipinski definition) is 2. The van der Waals surface area contributed by atoms with Crippen LogP contribution in [0.2, 0.25) is 4.34 Å². The molecule has 0 spiro atoms. The smallest absolute Gasteiger partial charge is 0.251 e. The molecule has 1 aliphatic rings. The molecule has 3 heterocycles. The van der Waals surface area contributed by atoms with Crippen molar-refractivity contribution in [2.45, 2.75) is 19.4 Å². The summed E-state index contributed by atoms with van der Waals surface area (Å²) < 4.78 is 0.653. The van der Waals surface area contributed by atoms with Crippen LogP contribution in [0.1, 0.15) is 25.7 Å². The molecule has 0 saturated carbocycles. The summed E-state index contributed by atoms with van der Waals surface area (Å²) in [5.74, 6) is -0.653. The maximum absolute atomic E-state index is 12.2. The fourth-order valence-corrected chi connectivity index (χ4v) is 5.09. The first kappa shape index (κ1) is 19.2. The first-order valence-corrected chi connectivity index (χ1v) is 9.12. The minimum atomic E-state index is -0.485. The molecule has 3 N–H and O–H groups in total. The summed E-state index contributed by atoms with van der Waals surface area (Å²) in [5.41, 5.74) is 6.99. The van der Waals surface area contributed by atoms with Crippen LogP contribution in [-0.4, -0.2) is 30.3 Å². The van der Waals surface area contributed by atoms with Gasteiger partial charge in [-0.15, -0.1) is 35.1 Å². The van der Waals surface area contributed by atoms with Crippen molar-refractivity contribution in [3.8, 4) is 0 Å². The van der Waals surface area contributed by atoms with Gasteiger partial charge >= 0.3 is 0 Å². The Morgan fingerprint density at radius 1 is 1.38 bits per heavy atom. The molecule has 0 saturated heterocycles. The number of thiophene rings is 2. The monoisotopic (exact) mass is 405 g/mol. The minimum absolute atomic E-state index is 0. The van der Waals surface area contributed by atoms with Gasteiger partial charge in [-0.3, -0.25) is 9.59 Å². The first-order valence-electron chi connectivity index (χ1n) is 7.11. The van der Waals surface area contributed by atoms with Gasteiger partial charge in [0.1, 0.15) is 5.00 Å². The van der Waals surface area contributed by atoms with Crippen molar-refractivity contribution >= 4 is 63.5 Å². The van der Waals surface area contributed by atoms with Crippen LogP contribution in [0.4, 0.5) is 5.00 Å². The Morgan fingerprint density at radius 2 is 2.12 bits per heavy atom. The quantitative estimate of drug-likeness (QED) is 0.819. The molecular formula is C15H17Cl2N3O2S2. The first-order chi connectivity index (χ1) is 10.9. The fraction of sp³-hybridized carbons (Fsp3) is 0.333. The molecule has 24 heavy (non-hydrogen) atoms. The zero-order valence-corrected chi connectivity index (χ0v) is 16.1. The molecule has 0 unspecified atom stereocenters.